The number of aliphatic imine (C=N–C) groups is 1. The summed E-state index contributed by atoms with van der Waals surface area (Å²) >= 11 is 0. The van der Waals surface area contributed by atoms with E-state index in [1.807, 2.05) is 18.2 Å². The van der Waals surface area contributed by atoms with Crippen LogP contribution < -0.4 is 5.32 Å². The summed E-state index contributed by atoms with van der Waals surface area (Å²) in [5, 5.41) is 3.49. The van der Waals surface area contributed by atoms with E-state index in [-0.39, 0.29) is 0 Å². The third-order valence-corrected chi connectivity index (χ3v) is 3.89. The van der Waals surface area contributed by atoms with Crippen molar-refractivity contribution in [1.82, 2.24) is 10.2 Å². The summed E-state index contributed by atoms with van der Waals surface area (Å²) in [7, 11) is 0. The van der Waals surface area contributed by atoms with E-state index in [9.17, 15) is 0 Å². The van der Waals surface area contributed by atoms with Crippen molar-refractivity contribution in [2.45, 2.75) is 25.8 Å². The van der Waals surface area contributed by atoms with Gasteiger partial charge in [0.05, 0.1) is 12.8 Å². The Morgan fingerprint density at radius 1 is 1.09 bits per heavy atom. The molecule has 1 aromatic carbocycles. The summed E-state index contributed by atoms with van der Waals surface area (Å²) in [4.78, 5) is 7.15. The Hall–Kier alpha value is -2.23. The van der Waals surface area contributed by atoms with Crippen molar-refractivity contribution < 1.29 is 4.42 Å². The molecule has 4 nitrogen and oxygen atoms in total. The molecule has 3 rings (SSSR count). The fourth-order valence-corrected chi connectivity index (χ4v) is 2.70. The Bertz CT molecular complexity index is 572. The third kappa shape index (κ3) is 4.13. The third-order valence-electron chi connectivity index (χ3n) is 3.89. The fourth-order valence-electron chi connectivity index (χ4n) is 2.70. The highest BCUT2D eigenvalue weighted by molar-refractivity contribution is 5.80. The molecule has 0 radical (unpaired) electrons. The first-order valence-electron chi connectivity index (χ1n) is 8.01. The van der Waals surface area contributed by atoms with Gasteiger partial charge in [0.15, 0.2) is 5.96 Å². The molecule has 22 heavy (non-hydrogen) atoms. The standard InChI is InChI=1S/C18H23N3O/c1-2-7-16(8-3-1)15-20-18(21-12-4-5-13-21)19-11-10-17-9-6-14-22-17/h1-3,6-9,14H,4-5,10-13,15H2,(H,19,20). The Morgan fingerprint density at radius 2 is 1.91 bits per heavy atom. The summed E-state index contributed by atoms with van der Waals surface area (Å²) in [6.07, 6.45) is 5.11. The second-order valence-corrected chi connectivity index (χ2v) is 5.58. The molecule has 0 amide bonds. The van der Waals surface area contributed by atoms with E-state index < -0.39 is 0 Å². The lowest BCUT2D eigenvalue weighted by atomic mass is 10.2. The number of furan rings is 1. The molecule has 2 aromatic rings. The zero-order valence-corrected chi connectivity index (χ0v) is 12.9. The minimum Gasteiger partial charge on any atom is -0.469 e. The van der Waals surface area contributed by atoms with Crippen LogP contribution in [0.3, 0.4) is 0 Å². The van der Waals surface area contributed by atoms with Crippen LogP contribution in [0.25, 0.3) is 0 Å². The van der Waals surface area contributed by atoms with Crippen molar-refractivity contribution in [3.63, 3.8) is 0 Å². The number of guanidine groups is 1. The minimum absolute atomic E-state index is 0.723. The number of nitrogens with one attached hydrogen (secondary N) is 1. The number of hydrogen-bond acceptors (Lipinski definition) is 2. The first kappa shape index (κ1) is 14.7. The topological polar surface area (TPSA) is 40.8 Å². The number of benzene rings is 1. The van der Waals surface area contributed by atoms with Crippen LogP contribution in [-0.2, 0) is 13.0 Å². The Morgan fingerprint density at radius 3 is 2.64 bits per heavy atom. The molecule has 0 saturated carbocycles. The van der Waals surface area contributed by atoms with Crippen molar-refractivity contribution in [3.05, 3.63) is 60.1 Å². The van der Waals surface area contributed by atoms with Gasteiger partial charge in [0.1, 0.15) is 5.76 Å². The van der Waals surface area contributed by atoms with E-state index in [1.54, 1.807) is 6.26 Å². The fraction of sp³-hybridized carbons (Fsp3) is 0.389. The molecule has 0 unspecified atom stereocenters. The molecule has 4 heteroatoms. The van der Waals surface area contributed by atoms with Crippen LogP contribution in [0.5, 0.6) is 0 Å². The molecule has 1 aromatic heterocycles. The van der Waals surface area contributed by atoms with Gasteiger partial charge >= 0.3 is 0 Å². The van der Waals surface area contributed by atoms with Gasteiger partial charge in [-0.1, -0.05) is 30.3 Å². The zero-order chi connectivity index (χ0) is 15.0. The molecule has 0 aliphatic carbocycles. The Labute approximate surface area is 131 Å². The van der Waals surface area contributed by atoms with Gasteiger partial charge in [0.2, 0.25) is 0 Å². The van der Waals surface area contributed by atoms with Crippen LogP contribution >= 0.6 is 0 Å². The van der Waals surface area contributed by atoms with Crippen LogP contribution in [0.4, 0.5) is 0 Å². The maximum absolute atomic E-state index is 5.38. The molecule has 0 spiro atoms. The minimum atomic E-state index is 0.723. The van der Waals surface area contributed by atoms with E-state index in [2.05, 4.69) is 34.5 Å². The van der Waals surface area contributed by atoms with E-state index in [4.69, 9.17) is 9.41 Å². The molecular weight excluding hydrogens is 274 g/mol. The van der Waals surface area contributed by atoms with Crippen LogP contribution in [0.1, 0.15) is 24.2 Å². The van der Waals surface area contributed by atoms with Gasteiger partial charge in [-0.3, -0.25) is 0 Å². The molecule has 0 bridgehead atoms. The number of hydrogen-bond donors (Lipinski definition) is 1. The SMILES string of the molecule is c1ccc(CN=C(NCCc2ccco2)N2CCCC2)cc1. The monoisotopic (exact) mass is 297 g/mol. The lowest BCUT2D eigenvalue weighted by Crippen LogP contribution is -2.40. The lowest BCUT2D eigenvalue weighted by molar-refractivity contribution is 0.480. The summed E-state index contributed by atoms with van der Waals surface area (Å²) in [5.74, 6) is 2.03. The average molecular weight is 297 g/mol. The smallest absolute Gasteiger partial charge is 0.194 e. The average Bonchev–Trinajstić information content (AvgIpc) is 3.25. The van der Waals surface area contributed by atoms with Gasteiger partial charge in [0.25, 0.3) is 0 Å². The Balaban J connectivity index is 1.59. The molecule has 1 aliphatic rings. The van der Waals surface area contributed by atoms with E-state index >= 15 is 0 Å². The van der Waals surface area contributed by atoms with Crippen molar-refractivity contribution in [1.29, 1.82) is 0 Å². The van der Waals surface area contributed by atoms with Crippen molar-refractivity contribution in [3.8, 4) is 0 Å². The van der Waals surface area contributed by atoms with Crippen molar-refractivity contribution in [2.75, 3.05) is 19.6 Å². The number of nitrogens with zero attached hydrogens (tertiary/aromatic N) is 2. The summed E-state index contributed by atoms with van der Waals surface area (Å²) in [6, 6.07) is 14.3. The van der Waals surface area contributed by atoms with Crippen LogP contribution in [-0.4, -0.2) is 30.5 Å². The van der Waals surface area contributed by atoms with Crippen molar-refractivity contribution in [2.24, 2.45) is 4.99 Å². The summed E-state index contributed by atoms with van der Waals surface area (Å²) in [5.41, 5.74) is 1.24. The van der Waals surface area contributed by atoms with Gasteiger partial charge in [-0.15, -0.1) is 0 Å². The van der Waals surface area contributed by atoms with Gasteiger partial charge < -0.3 is 14.6 Å². The predicted octanol–water partition coefficient (Wildman–Crippen LogP) is 3.06. The lowest BCUT2D eigenvalue weighted by Gasteiger charge is -2.21. The predicted molar refractivity (Wildman–Crippen MR) is 88.8 cm³/mol. The maximum atomic E-state index is 5.38. The summed E-state index contributed by atoms with van der Waals surface area (Å²) in [6.45, 7) is 3.76. The van der Waals surface area contributed by atoms with Gasteiger partial charge in [-0.2, -0.15) is 0 Å². The Kier molecular flexibility index (Phi) is 5.13. The first-order valence-corrected chi connectivity index (χ1v) is 8.01. The first-order chi connectivity index (χ1) is 10.9. The second kappa shape index (κ2) is 7.69. The highest BCUT2D eigenvalue weighted by atomic mass is 16.3. The second-order valence-electron chi connectivity index (χ2n) is 5.58. The largest absolute Gasteiger partial charge is 0.469 e. The molecule has 1 saturated heterocycles. The molecule has 116 valence electrons. The quantitative estimate of drug-likeness (QED) is 0.681. The van der Waals surface area contributed by atoms with Gasteiger partial charge in [-0.05, 0) is 30.5 Å². The van der Waals surface area contributed by atoms with Gasteiger partial charge in [-0.25, -0.2) is 4.99 Å². The highest BCUT2D eigenvalue weighted by Crippen LogP contribution is 2.09. The molecule has 1 aliphatic heterocycles. The van der Waals surface area contributed by atoms with E-state index in [0.717, 1.165) is 44.3 Å². The molecular formula is C18H23N3O. The molecule has 1 fully saturated rings. The van der Waals surface area contributed by atoms with Crippen molar-refractivity contribution >= 4 is 5.96 Å². The molecule has 0 atom stereocenters. The molecule has 1 N–H and O–H groups in total. The number of rotatable bonds is 5. The van der Waals surface area contributed by atoms with Crippen LogP contribution in [0.15, 0.2) is 58.1 Å². The van der Waals surface area contributed by atoms with Crippen LogP contribution in [0, 0.1) is 0 Å². The van der Waals surface area contributed by atoms with Crippen LogP contribution in [0.2, 0.25) is 0 Å². The summed E-state index contributed by atoms with van der Waals surface area (Å²) < 4.78 is 5.38. The van der Waals surface area contributed by atoms with Gasteiger partial charge in [0, 0.05) is 26.1 Å². The number of likely N-dealkylation sites (tertiary alicyclic amines) is 1. The van der Waals surface area contributed by atoms with E-state index in [0.29, 0.717) is 0 Å². The molecule has 2 heterocycles. The normalized spacial score (nSPS) is 15.3. The highest BCUT2D eigenvalue weighted by Gasteiger charge is 2.15. The van der Waals surface area contributed by atoms with E-state index in [1.165, 1.54) is 18.4 Å². The maximum Gasteiger partial charge on any atom is 0.194 e. The zero-order valence-electron chi connectivity index (χ0n) is 12.9.